The number of rotatable bonds is 7. The standard InChI is InChI=1S/C17H29N3O/c1-3-16(15-7-4-5-8-17(15)21)18-9-6-10-20-13-11-19(2)12-14-20/h4-5,7-8,16,18,21H,3,6,9-14H2,1-2H3. The summed E-state index contributed by atoms with van der Waals surface area (Å²) in [5.41, 5.74) is 1.01. The van der Waals surface area contributed by atoms with Crippen LogP contribution in [0.1, 0.15) is 31.4 Å². The molecule has 1 heterocycles. The van der Waals surface area contributed by atoms with E-state index in [9.17, 15) is 5.11 Å². The molecule has 0 bridgehead atoms. The zero-order valence-electron chi connectivity index (χ0n) is 13.4. The van der Waals surface area contributed by atoms with Gasteiger partial charge in [0.2, 0.25) is 0 Å². The highest BCUT2D eigenvalue weighted by atomic mass is 16.3. The van der Waals surface area contributed by atoms with Crippen LogP contribution in [0, 0.1) is 0 Å². The first kappa shape index (κ1) is 16.3. The van der Waals surface area contributed by atoms with Crippen molar-refractivity contribution in [3.63, 3.8) is 0 Å². The van der Waals surface area contributed by atoms with Gasteiger partial charge < -0.3 is 20.2 Å². The summed E-state index contributed by atoms with van der Waals surface area (Å²) in [5, 5.41) is 13.5. The Kier molecular flexibility index (Phi) is 6.49. The lowest BCUT2D eigenvalue weighted by atomic mass is 10.0. The molecule has 4 heteroatoms. The zero-order valence-corrected chi connectivity index (χ0v) is 13.4. The van der Waals surface area contributed by atoms with Gasteiger partial charge in [-0.1, -0.05) is 25.1 Å². The average molecular weight is 291 g/mol. The molecule has 0 spiro atoms. The lowest BCUT2D eigenvalue weighted by Crippen LogP contribution is -2.45. The molecule has 0 aliphatic carbocycles. The molecule has 1 fully saturated rings. The van der Waals surface area contributed by atoms with Gasteiger partial charge in [0, 0.05) is 37.8 Å². The molecule has 2 N–H and O–H groups in total. The predicted octanol–water partition coefficient (Wildman–Crippen LogP) is 2.07. The zero-order chi connectivity index (χ0) is 15.1. The van der Waals surface area contributed by atoms with Crippen LogP contribution in [0.5, 0.6) is 5.75 Å². The molecule has 0 aromatic heterocycles. The fourth-order valence-electron chi connectivity index (χ4n) is 2.91. The van der Waals surface area contributed by atoms with Gasteiger partial charge in [0.1, 0.15) is 5.75 Å². The Balaban J connectivity index is 1.70. The SMILES string of the molecule is CCC(NCCCN1CCN(C)CC1)c1ccccc1O. The molecular formula is C17H29N3O. The van der Waals surface area contributed by atoms with Gasteiger partial charge in [0.05, 0.1) is 0 Å². The lowest BCUT2D eigenvalue weighted by molar-refractivity contribution is 0.152. The van der Waals surface area contributed by atoms with Crippen molar-refractivity contribution in [2.24, 2.45) is 0 Å². The molecular weight excluding hydrogens is 262 g/mol. The van der Waals surface area contributed by atoms with Crippen LogP contribution in [-0.4, -0.2) is 61.2 Å². The molecule has 1 unspecified atom stereocenters. The molecule has 0 radical (unpaired) electrons. The van der Waals surface area contributed by atoms with Gasteiger partial charge >= 0.3 is 0 Å². The number of nitrogens with zero attached hydrogens (tertiary/aromatic N) is 2. The second-order valence-electron chi connectivity index (χ2n) is 5.97. The number of nitrogens with one attached hydrogen (secondary N) is 1. The first-order valence-corrected chi connectivity index (χ1v) is 8.13. The highest BCUT2D eigenvalue weighted by Gasteiger charge is 2.14. The van der Waals surface area contributed by atoms with Crippen LogP contribution in [0.2, 0.25) is 0 Å². The molecule has 1 aliphatic heterocycles. The quantitative estimate of drug-likeness (QED) is 0.754. The van der Waals surface area contributed by atoms with Gasteiger partial charge in [0.25, 0.3) is 0 Å². The van der Waals surface area contributed by atoms with E-state index in [2.05, 4.69) is 29.1 Å². The number of hydrogen-bond acceptors (Lipinski definition) is 4. The lowest BCUT2D eigenvalue weighted by Gasteiger charge is -2.32. The number of benzene rings is 1. The summed E-state index contributed by atoms with van der Waals surface area (Å²) in [6, 6.07) is 7.89. The van der Waals surface area contributed by atoms with Crippen LogP contribution >= 0.6 is 0 Å². The topological polar surface area (TPSA) is 38.7 Å². The van der Waals surface area contributed by atoms with Crippen LogP contribution in [0.3, 0.4) is 0 Å². The summed E-state index contributed by atoms with van der Waals surface area (Å²) in [7, 11) is 2.19. The number of likely N-dealkylation sites (N-methyl/N-ethyl adjacent to an activating group) is 1. The summed E-state index contributed by atoms with van der Waals surface area (Å²) in [4.78, 5) is 4.93. The van der Waals surface area contributed by atoms with Crippen LogP contribution < -0.4 is 5.32 Å². The van der Waals surface area contributed by atoms with E-state index in [-0.39, 0.29) is 6.04 Å². The third-order valence-electron chi connectivity index (χ3n) is 4.36. The minimum Gasteiger partial charge on any atom is -0.508 e. The molecule has 21 heavy (non-hydrogen) atoms. The maximum Gasteiger partial charge on any atom is 0.120 e. The van der Waals surface area contributed by atoms with Gasteiger partial charge in [-0.2, -0.15) is 0 Å². The fourth-order valence-corrected chi connectivity index (χ4v) is 2.91. The van der Waals surface area contributed by atoms with Crippen LogP contribution in [-0.2, 0) is 0 Å². The van der Waals surface area contributed by atoms with E-state index in [1.807, 2.05) is 18.2 Å². The Morgan fingerprint density at radius 2 is 1.90 bits per heavy atom. The summed E-state index contributed by atoms with van der Waals surface area (Å²) in [5.74, 6) is 0.399. The van der Waals surface area contributed by atoms with Gasteiger partial charge in [-0.3, -0.25) is 0 Å². The number of phenols is 1. The summed E-state index contributed by atoms with van der Waals surface area (Å²) in [6.07, 6.45) is 2.15. The van der Waals surface area contributed by atoms with E-state index in [1.54, 1.807) is 6.07 Å². The molecule has 0 amide bonds. The van der Waals surface area contributed by atoms with Crippen molar-refractivity contribution in [3.8, 4) is 5.75 Å². The van der Waals surface area contributed by atoms with Crippen molar-refractivity contribution in [1.82, 2.24) is 15.1 Å². The molecule has 4 nitrogen and oxygen atoms in total. The monoisotopic (exact) mass is 291 g/mol. The first-order chi connectivity index (χ1) is 10.2. The molecule has 1 aliphatic rings. The molecule has 2 rings (SSSR count). The minimum absolute atomic E-state index is 0.249. The number of aromatic hydroxyl groups is 1. The van der Waals surface area contributed by atoms with E-state index in [1.165, 1.54) is 26.2 Å². The Morgan fingerprint density at radius 1 is 1.19 bits per heavy atom. The molecule has 1 saturated heterocycles. The van der Waals surface area contributed by atoms with Crippen molar-refractivity contribution in [2.45, 2.75) is 25.8 Å². The third-order valence-corrected chi connectivity index (χ3v) is 4.36. The van der Waals surface area contributed by atoms with Crippen LogP contribution in [0.15, 0.2) is 24.3 Å². The summed E-state index contributed by atoms with van der Waals surface area (Å²) < 4.78 is 0. The Hall–Kier alpha value is -1.10. The van der Waals surface area contributed by atoms with E-state index in [4.69, 9.17) is 0 Å². The predicted molar refractivity (Wildman–Crippen MR) is 87.7 cm³/mol. The van der Waals surface area contributed by atoms with Gasteiger partial charge in [-0.25, -0.2) is 0 Å². The largest absolute Gasteiger partial charge is 0.508 e. The first-order valence-electron chi connectivity index (χ1n) is 8.13. The highest BCUT2D eigenvalue weighted by Crippen LogP contribution is 2.25. The van der Waals surface area contributed by atoms with E-state index in [0.717, 1.165) is 31.5 Å². The van der Waals surface area contributed by atoms with Crippen molar-refractivity contribution in [1.29, 1.82) is 0 Å². The molecule has 0 saturated carbocycles. The fraction of sp³-hybridized carbons (Fsp3) is 0.647. The highest BCUT2D eigenvalue weighted by molar-refractivity contribution is 5.34. The maximum absolute atomic E-state index is 9.94. The number of para-hydroxylation sites is 1. The molecule has 1 aromatic carbocycles. The van der Waals surface area contributed by atoms with Crippen molar-refractivity contribution < 1.29 is 5.11 Å². The van der Waals surface area contributed by atoms with Gasteiger partial charge in [-0.05, 0) is 39.0 Å². The van der Waals surface area contributed by atoms with Crippen LogP contribution in [0.25, 0.3) is 0 Å². The Morgan fingerprint density at radius 3 is 2.57 bits per heavy atom. The van der Waals surface area contributed by atoms with Crippen molar-refractivity contribution in [2.75, 3.05) is 46.3 Å². The minimum atomic E-state index is 0.249. The third kappa shape index (κ3) is 4.99. The van der Waals surface area contributed by atoms with Crippen molar-refractivity contribution >= 4 is 0 Å². The normalized spacial score (nSPS) is 18.8. The summed E-state index contributed by atoms with van der Waals surface area (Å²) >= 11 is 0. The summed E-state index contributed by atoms with van der Waals surface area (Å²) in [6.45, 7) is 9.06. The molecule has 1 aromatic rings. The number of piperazine rings is 1. The molecule has 1 atom stereocenters. The van der Waals surface area contributed by atoms with Gasteiger partial charge in [-0.15, -0.1) is 0 Å². The van der Waals surface area contributed by atoms with E-state index >= 15 is 0 Å². The van der Waals surface area contributed by atoms with E-state index in [0.29, 0.717) is 5.75 Å². The van der Waals surface area contributed by atoms with E-state index < -0.39 is 0 Å². The van der Waals surface area contributed by atoms with Crippen molar-refractivity contribution in [3.05, 3.63) is 29.8 Å². The Bertz CT molecular complexity index is 416. The number of phenolic OH excluding ortho intramolecular Hbond substituents is 1. The Labute approximate surface area is 128 Å². The number of hydrogen-bond donors (Lipinski definition) is 2. The van der Waals surface area contributed by atoms with Gasteiger partial charge in [0.15, 0.2) is 0 Å². The average Bonchev–Trinajstić information content (AvgIpc) is 2.50. The second kappa shape index (κ2) is 8.37. The second-order valence-corrected chi connectivity index (χ2v) is 5.97. The smallest absolute Gasteiger partial charge is 0.120 e. The van der Waals surface area contributed by atoms with Crippen LogP contribution in [0.4, 0.5) is 0 Å². The maximum atomic E-state index is 9.94. The molecule has 118 valence electrons.